The summed E-state index contributed by atoms with van der Waals surface area (Å²) in [6.45, 7) is 10.9. The average molecular weight is 329 g/mol. The monoisotopic (exact) mass is 328 g/mol. The van der Waals surface area contributed by atoms with Crippen molar-refractivity contribution in [3.8, 4) is 0 Å². The van der Waals surface area contributed by atoms with Crippen LogP contribution >= 0.6 is 0 Å². The van der Waals surface area contributed by atoms with E-state index in [1.54, 1.807) is 0 Å². The summed E-state index contributed by atoms with van der Waals surface area (Å²) in [6.07, 6.45) is 11.1. The van der Waals surface area contributed by atoms with Gasteiger partial charge in [0, 0.05) is 25.8 Å². The maximum absolute atomic E-state index is 6.07. The zero-order chi connectivity index (χ0) is 16.1. The first-order chi connectivity index (χ1) is 10.8. The van der Waals surface area contributed by atoms with Crippen molar-refractivity contribution in [3.63, 3.8) is 0 Å². The first-order valence-electron chi connectivity index (χ1n) is 9.30. The minimum atomic E-state index is -2.09. The Morgan fingerprint density at radius 2 is 1.77 bits per heavy atom. The van der Waals surface area contributed by atoms with Crippen LogP contribution in [-0.2, 0) is 8.85 Å². The molecule has 1 aliphatic heterocycles. The van der Waals surface area contributed by atoms with Crippen molar-refractivity contribution in [3.05, 3.63) is 0 Å². The molecule has 130 valence electrons. The molecule has 1 saturated heterocycles. The predicted octanol–water partition coefficient (Wildman–Crippen LogP) is 4.14. The van der Waals surface area contributed by atoms with Crippen molar-refractivity contribution in [2.45, 2.75) is 71.8 Å². The second-order valence-corrected chi connectivity index (χ2v) is 9.10. The molecule has 1 aliphatic rings. The lowest BCUT2D eigenvalue weighted by Gasteiger charge is -2.33. The highest BCUT2D eigenvalue weighted by molar-refractivity contribution is 6.65. The topological polar surface area (TPSA) is 34.1 Å². The standard InChI is InChI=1S/C17H36N2O2Si/c1-4-7-8-9-10-11-13-18-14-16-19-15-12-17-22(19,20-5-2)21-6-3/h13H,4-12,14-17H2,1-3H3. The minimum Gasteiger partial charge on any atom is -0.383 e. The highest BCUT2D eigenvalue weighted by atomic mass is 28.4. The molecule has 0 spiro atoms. The van der Waals surface area contributed by atoms with Crippen LogP contribution in [0, 0.1) is 0 Å². The maximum atomic E-state index is 6.07. The molecule has 1 rings (SSSR count). The summed E-state index contributed by atoms with van der Waals surface area (Å²) in [5.41, 5.74) is 0. The highest BCUT2D eigenvalue weighted by Gasteiger charge is 2.48. The quantitative estimate of drug-likeness (QED) is 0.289. The van der Waals surface area contributed by atoms with E-state index in [4.69, 9.17) is 8.85 Å². The molecule has 0 bridgehead atoms. The van der Waals surface area contributed by atoms with Gasteiger partial charge in [-0.05, 0) is 45.9 Å². The van der Waals surface area contributed by atoms with Crippen LogP contribution in [0.3, 0.4) is 0 Å². The lowest BCUT2D eigenvalue weighted by molar-refractivity contribution is 0.137. The van der Waals surface area contributed by atoms with Gasteiger partial charge < -0.3 is 8.85 Å². The van der Waals surface area contributed by atoms with Crippen molar-refractivity contribution >= 4 is 14.9 Å². The first kappa shape index (κ1) is 19.8. The third kappa shape index (κ3) is 6.90. The average Bonchev–Trinajstić information content (AvgIpc) is 2.89. The van der Waals surface area contributed by atoms with Gasteiger partial charge in [0.2, 0.25) is 0 Å². The third-order valence-electron chi connectivity index (χ3n) is 4.21. The largest absolute Gasteiger partial charge is 0.427 e. The van der Waals surface area contributed by atoms with Gasteiger partial charge in [0.25, 0.3) is 0 Å². The fraction of sp³-hybridized carbons (Fsp3) is 0.941. The Morgan fingerprint density at radius 3 is 2.45 bits per heavy atom. The molecule has 22 heavy (non-hydrogen) atoms. The van der Waals surface area contributed by atoms with E-state index >= 15 is 0 Å². The molecule has 0 atom stereocenters. The lowest BCUT2D eigenvalue weighted by atomic mass is 10.1. The fourth-order valence-electron chi connectivity index (χ4n) is 3.12. The molecule has 0 radical (unpaired) electrons. The zero-order valence-corrected chi connectivity index (χ0v) is 16.0. The van der Waals surface area contributed by atoms with Crippen LogP contribution in [0.1, 0.15) is 65.7 Å². The number of hydrogen-bond acceptors (Lipinski definition) is 4. The van der Waals surface area contributed by atoms with Gasteiger partial charge in [-0.15, -0.1) is 0 Å². The Labute approximate surface area is 138 Å². The van der Waals surface area contributed by atoms with E-state index in [0.29, 0.717) is 0 Å². The SMILES string of the molecule is CCCCCCCC=NCCN1CCC[Si]1(OCC)OCC. The van der Waals surface area contributed by atoms with Gasteiger partial charge in [-0.25, -0.2) is 0 Å². The molecular formula is C17H36N2O2Si. The number of unbranched alkanes of at least 4 members (excludes halogenated alkanes) is 5. The zero-order valence-electron chi connectivity index (χ0n) is 15.0. The number of hydrogen-bond donors (Lipinski definition) is 0. The molecular weight excluding hydrogens is 292 g/mol. The van der Waals surface area contributed by atoms with E-state index in [9.17, 15) is 0 Å². The van der Waals surface area contributed by atoms with E-state index in [-0.39, 0.29) is 0 Å². The first-order valence-corrected chi connectivity index (χ1v) is 11.3. The maximum Gasteiger partial charge on any atom is 0.427 e. The van der Waals surface area contributed by atoms with Crippen LogP contribution in [0.25, 0.3) is 0 Å². The summed E-state index contributed by atoms with van der Waals surface area (Å²) in [6, 6.07) is 1.11. The van der Waals surface area contributed by atoms with Crippen molar-refractivity contribution < 1.29 is 8.85 Å². The summed E-state index contributed by atoms with van der Waals surface area (Å²) in [7, 11) is -2.09. The molecule has 5 heteroatoms. The van der Waals surface area contributed by atoms with Crippen molar-refractivity contribution in [1.82, 2.24) is 4.57 Å². The Hall–Kier alpha value is -0.233. The normalized spacial score (nSPS) is 18.5. The van der Waals surface area contributed by atoms with Crippen LogP contribution < -0.4 is 0 Å². The fourth-order valence-corrected chi connectivity index (χ4v) is 6.62. The molecule has 1 fully saturated rings. The van der Waals surface area contributed by atoms with Gasteiger partial charge in [0.05, 0.1) is 6.54 Å². The van der Waals surface area contributed by atoms with Gasteiger partial charge in [-0.2, -0.15) is 0 Å². The Morgan fingerprint density at radius 1 is 1.05 bits per heavy atom. The predicted molar refractivity (Wildman–Crippen MR) is 96.7 cm³/mol. The van der Waals surface area contributed by atoms with Crippen molar-refractivity contribution in [2.24, 2.45) is 4.99 Å². The van der Waals surface area contributed by atoms with Crippen LogP contribution in [-0.4, -0.2) is 52.4 Å². The Balaban J connectivity index is 2.22. The second-order valence-electron chi connectivity index (χ2n) is 5.96. The molecule has 0 aliphatic carbocycles. The van der Waals surface area contributed by atoms with E-state index in [1.165, 1.54) is 38.5 Å². The number of nitrogens with zero attached hydrogens (tertiary/aromatic N) is 2. The molecule has 0 N–H and O–H groups in total. The van der Waals surface area contributed by atoms with Crippen molar-refractivity contribution in [1.29, 1.82) is 0 Å². The van der Waals surface area contributed by atoms with E-state index in [2.05, 4.69) is 36.5 Å². The smallest absolute Gasteiger partial charge is 0.383 e. The summed E-state index contributed by atoms with van der Waals surface area (Å²) < 4.78 is 14.6. The molecule has 0 unspecified atom stereocenters. The Bertz CT molecular complexity index is 294. The summed E-state index contributed by atoms with van der Waals surface area (Å²) in [5.74, 6) is 0. The number of aliphatic imine (C=N–C) groups is 1. The second kappa shape index (κ2) is 12.2. The van der Waals surface area contributed by atoms with Crippen LogP contribution in [0.2, 0.25) is 6.04 Å². The van der Waals surface area contributed by atoms with E-state index in [0.717, 1.165) is 45.3 Å². The van der Waals surface area contributed by atoms with Crippen LogP contribution in [0.15, 0.2) is 4.99 Å². The molecule has 1 heterocycles. The van der Waals surface area contributed by atoms with Gasteiger partial charge in [0.15, 0.2) is 0 Å². The van der Waals surface area contributed by atoms with E-state index in [1.807, 2.05) is 0 Å². The summed E-state index contributed by atoms with van der Waals surface area (Å²) >= 11 is 0. The summed E-state index contributed by atoms with van der Waals surface area (Å²) in [5, 5.41) is 0. The molecule has 0 aromatic heterocycles. The van der Waals surface area contributed by atoms with Gasteiger partial charge in [0.1, 0.15) is 0 Å². The van der Waals surface area contributed by atoms with Gasteiger partial charge >= 0.3 is 8.72 Å². The van der Waals surface area contributed by atoms with Gasteiger partial charge in [-0.1, -0.05) is 32.6 Å². The molecule has 0 amide bonds. The highest BCUT2D eigenvalue weighted by Crippen LogP contribution is 2.27. The molecule has 0 aromatic carbocycles. The van der Waals surface area contributed by atoms with Crippen molar-refractivity contribution in [2.75, 3.05) is 32.8 Å². The molecule has 0 saturated carbocycles. The Kier molecular flexibility index (Phi) is 11.0. The lowest BCUT2D eigenvalue weighted by Crippen LogP contribution is -2.55. The van der Waals surface area contributed by atoms with Crippen LogP contribution in [0.4, 0.5) is 0 Å². The number of rotatable bonds is 13. The third-order valence-corrected chi connectivity index (χ3v) is 8.08. The van der Waals surface area contributed by atoms with Gasteiger partial charge in [-0.3, -0.25) is 9.56 Å². The van der Waals surface area contributed by atoms with Crippen LogP contribution in [0.5, 0.6) is 0 Å². The van der Waals surface area contributed by atoms with E-state index < -0.39 is 8.72 Å². The summed E-state index contributed by atoms with van der Waals surface area (Å²) in [4.78, 5) is 4.58. The molecule has 4 nitrogen and oxygen atoms in total. The minimum absolute atomic E-state index is 0.754. The molecule has 0 aromatic rings.